The van der Waals surface area contributed by atoms with E-state index in [0.717, 1.165) is 5.56 Å². The van der Waals surface area contributed by atoms with E-state index in [-0.39, 0.29) is 5.56 Å². The Morgan fingerprint density at radius 3 is 2.69 bits per heavy atom. The van der Waals surface area contributed by atoms with Gasteiger partial charge < -0.3 is 4.90 Å². The number of rotatable bonds is 2. The standard InChI is InChI=1S/C10H11FN2/c1-13(2)7-8-4-3-5-10(11)9(8)6-12/h3-5H,7H2,1-2H3. The fourth-order valence-electron chi connectivity index (χ4n) is 1.17. The van der Waals surface area contributed by atoms with E-state index in [4.69, 9.17) is 5.26 Å². The summed E-state index contributed by atoms with van der Waals surface area (Å²) in [5, 5.41) is 8.70. The molecule has 0 aliphatic carbocycles. The van der Waals surface area contributed by atoms with Gasteiger partial charge in [0, 0.05) is 6.54 Å². The van der Waals surface area contributed by atoms with Crippen molar-refractivity contribution in [2.24, 2.45) is 0 Å². The Morgan fingerprint density at radius 2 is 2.15 bits per heavy atom. The summed E-state index contributed by atoms with van der Waals surface area (Å²) in [6.45, 7) is 0.584. The molecule has 0 aromatic heterocycles. The van der Waals surface area contributed by atoms with Crippen LogP contribution in [0.5, 0.6) is 0 Å². The highest BCUT2D eigenvalue weighted by Gasteiger charge is 2.07. The lowest BCUT2D eigenvalue weighted by Gasteiger charge is -2.10. The molecule has 0 aliphatic rings. The minimum absolute atomic E-state index is 0.149. The van der Waals surface area contributed by atoms with Crippen molar-refractivity contribution in [3.8, 4) is 6.07 Å². The van der Waals surface area contributed by atoms with Crippen LogP contribution in [-0.2, 0) is 6.54 Å². The van der Waals surface area contributed by atoms with Crippen LogP contribution in [0.25, 0.3) is 0 Å². The molecule has 1 aromatic carbocycles. The quantitative estimate of drug-likeness (QED) is 0.690. The topological polar surface area (TPSA) is 27.0 Å². The Kier molecular flexibility index (Phi) is 2.99. The predicted octanol–water partition coefficient (Wildman–Crippen LogP) is 1.76. The van der Waals surface area contributed by atoms with E-state index in [1.807, 2.05) is 25.1 Å². The molecular weight excluding hydrogens is 167 g/mol. The number of benzene rings is 1. The van der Waals surface area contributed by atoms with Crippen LogP contribution in [0.3, 0.4) is 0 Å². The molecule has 0 N–H and O–H groups in total. The molecule has 0 heterocycles. The molecule has 0 fully saturated rings. The first-order valence-corrected chi connectivity index (χ1v) is 3.97. The SMILES string of the molecule is CN(C)Cc1cccc(F)c1C#N. The molecule has 0 radical (unpaired) electrons. The zero-order chi connectivity index (χ0) is 9.84. The molecule has 0 aliphatic heterocycles. The number of hydrogen-bond acceptors (Lipinski definition) is 2. The lowest BCUT2D eigenvalue weighted by Crippen LogP contribution is -2.12. The van der Waals surface area contributed by atoms with Crippen LogP contribution >= 0.6 is 0 Å². The molecule has 3 heteroatoms. The molecule has 1 rings (SSSR count). The van der Waals surface area contributed by atoms with Gasteiger partial charge in [0.25, 0.3) is 0 Å². The molecular formula is C10H11FN2. The van der Waals surface area contributed by atoms with E-state index >= 15 is 0 Å². The van der Waals surface area contributed by atoms with Crippen molar-refractivity contribution in [3.05, 3.63) is 35.1 Å². The molecule has 13 heavy (non-hydrogen) atoms. The minimum Gasteiger partial charge on any atom is -0.305 e. The third kappa shape index (κ3) is 2.27. The van der Waals surface area contributed by atoms with Crippen LogP contribution in [0.2, 0.25) is 0 Å². The highest BCUT2D eigenvalue weighted by Crippen LogP contribution is 2.13. The maximum absolute atomic E-state index is 13.1. The van der Waals surface area contributed by atoms with Crippen LogP contribution in [0.1, 0.15) is 11.1 Å². The fourth-order valence-corrected chi connectivity index (χ4v) is 1.17. The van der Waals surface area contributed by atoms with E-state index in [2.05, 4.69) is 0 Å². The van der Waals surface area contributed by atoms with E-state index in [1.165, 1.54) is 6.07 Å². The van der Waals surface area contributed by atoms with Crippen LogP contribution in [-0.4, -0.2) is 19.0 Å². The Hall–Kier alpha value is -1.40. The summed E-state index contributed by atoms with van der Waals surface area (Å²) < 4.78 is 13.1. The van der Waals surface area contributed by atoms with Crippen molar-refractivity contribution in [2.75, 3.05) is 14.1 Å². The van der Waals surface area contributed by atoms with Crippen LogP contribution in [0.15, 0.2) is 18.2 Å². The Morgan fingerprint density at radius 1 is 1.46 bits per heavy atom. The number of hydrogen-bond donors (Lipinski definition) is 0. The van der Waals surface area contributed by atoms with Crippen LogP contribution < -0.4 is 0 Å². The van der Waals surface area contributed by atoms with E-state index < -0.39 is 5.82 Å². The summed E-state index contributed by atoms with van der Waals surface area (Å²) in [6, 6.07) is 6.56. The maximum atomic E-state index is 13.1. The Bertz CT molecular complexity index is 339. The van der Waals surface area contributed by atoms with Gasteiger partial charge in [-0.3, -0.25) is 0 Å². The normalized spacial score (nSPS) is 10.1. The third-order valence-corrected chi connectivity index (χ3v) is 1.70. The first-order valence-electron chi connectivity index (χ1n) is 3.97. The molecule has 0 spiro atoms. The number of halogens is 1. The van der Waals surface area contributed by atoms with Gasteiger partial charge in [-0.15, -0.1) is 0 Å². The summed E-state index contributed by atoms with van der Waals surface area (Å²) in [5.41, 5.74) is 0.878. The largest absolute Gasteiger partial charge is 0.305 e. The van der Waals surface area contributed by atoms with E-state index in [1.54, 1.807) is 12.1 Å². The van der Waals surface area contributed by atoms with Crippen molar-refractivity contribution in [2.45, 2.75) is 6.54 Å². The zero-order valence-corrected chi connectivity index (χ0v) is 7.71. The second-order valence-corrected chi connectivity index (χ2v) is 3.12. The molecule has 0 saturated heterocycles. The monoisotopic (exact) mass is 178 g/mol. The molecule has 0 atom stereocenters. The summed E-state index contributed by atoms with van der Waals surface area (Å²) >= 11 is 0. The molecule has 0 unspecified atom stereocenters. The predicted molar refractivity (Wildman–Crippen MR) is 48.5 cm³/mol. The van der Waals surface area contributed by atoms with Gasteiger partial charge in [-0.05, 0) is 25.7 Å². The highest BCUT2D eigenvalue weighted by atomic mass is 19.1. The second kappa shape index (κ2) is 4.01. The molecule has 0 saturated carbocycles. The van der Waals surface area contributed by atoms with Crippen LogP contribution in [0.4, 0.5) is 4.39 Å². The van der Waals surface area contributed by atoms with Gasteiger partial charge in [0.1, 0.15) is 11.9 Å². The molecule has 68 valence electrons. The van der Waals surface area contributed by atoms with Gasteiger partial charge >= 0.3 is 0 Å². The summed E-state index contributed by atoms with van der Waals surface area (Å²) in [6.07, 6.45) is 0. The number of nitriles is 1. The van der Waals surface area contributed by atoms with Gasteiger partial charge in [0.05, 0.1) is 5.56 Å². The van der Waals surface area contributed by atoms with Gasteiger partial charge in [0.15, 0.2) is 0 Å². The van der Waals surface area contributed by atoms with E-state index in [9.17, 15) is 4.39 Å². The summed E-state index contributed by atoms with van der Waals surface area (Å²) in [4.78, 5) is 1.90. The van der Waals surface area contributed by atoms with Crippen molar-refractivity contribution in [1.82, 2.24) is 4.90 Å². The van der Waals surface area contributed by atoms with Gasteiger partial charge in [0.2, 0.25) is 0 Å². The van der Waals surface area contributed by atoms with Gasteiger partial charge in [-0.1, -0.05) is 12.1 Å². The molecule has 2 nitrogen and oxygen atoms in total. The average Bonchev–Trinajstić information content (AvgIpc) is 2.03. The fraction of sp³-hybridized carbons (Fsp3) is 0.300. The van der Waals surface area contributed by atoms with E-state index in [0.29, 0.717) is 6.54 Å². The molecule has 0 amide bonds. The van der Waals surface area contributed by atoms with Crippen molar-refractivity contribution < 1.29 is 4.39 Å². The smallest absolute Gasteiger partial charge is 0.141 e. The highest BCUT2D eigenvalue weighted by molar-refractivity contribution is 5.38. The summed E-state index contributed by atoms with van der Waals surface area (Å²) in [5.74, 6) is -0.443. The second-order valence-electron chi connectivity index (χ2n) is 3.12. The zero-order valence-electron chi connectivity index (χ0n) is 7.71. The summed E-state index contributed by atoms with van der Waals surface area (Å²) in [7, 11) is 3.76. The number of nitrogens with zero attached hydrogens (tertiary/aromatic N) is 2. The maximum Gasteiger partial charge on any atom is 0.141 e. The molecule has 0 bridgehead atoms. The van der Waals surface area contributed by atoms with Gasteiger partial charge in [-0.2, -0.15) is 5.26 Å². The van der Waals surface area contributed by atoms with Crippen molar-refractivity contribution >= 4 is 0 Å². The Balaban J connectivity index is 3.07. The average molecular weight is 178 g/mol. The van der Waals surface area contributed by atoms with Gasteiger partial charge in [-0.25, -0.2) is 4.39 Å². The lowest BCUT2D eigenvalue weighted by atomic mass is 10.1. The Labute approximate surface area is 77.2 Å². The van der Waals surface area contributed by atoms with Crippen molar-refractivity contribution in [3.63, 3.8) is 0 Å². The minimum atomic E-state index is -0.443. The van der Waals surface area contributed by atoms with Crippen LogP contribution in [0, 0.1) is 17.1 Å². The third-order valence-electron chi connectivity index (χ3n) is 1.70. The first-order chi connectivity index (χ1) is 6.15. The van der Waals surface area contributed by atoms with Crippen molar-refractivity contribution in [1.29, 1.82) is 5.26 Å². The molecule has 1 aromatic rings. The first kappa shape index (κ1) is 9.69. The lowest BCUT2D eigenvalue weighted by molar-refractivity contribution is 0.401.